The van der Waals surface area contributed by atoms with Crippen molar-refractivity contribution in [2.45, 2.75) is 19.3 Å². The quantitative estimate of drug-likeness (QED) is 0.177. The molecule has 13 rings (SSSR count). The Balaban J connectivity index is 1.22. The molecule has 0 radical (unpaired) electrons. The van der Waals surface area contributed by atoms with Crippen molar-refractivity contribution in [3.8, 4) is 17.2 Å². The number of fused-ring (bicyclic) bond motifs is 16. The van der Waals surface area contributed by atoms with E-state index in [1.165, 1.54) is 55.1 Å². The standard InChI is InChI=1S/C60H39N3O/c1-37-30-33-51(38(2)34-37)63(54-29-15-24-46-45-23-14-17-40(36-61)58(45)64-59(46)54)55-35-50-57(44-22-9-8-21-43(44)55)56-42-20-7-6-16-39(42)31-32-49(56)60(50)47-25-10-12-27-52(47)62(41-18-4-3-5-19-41)53-28-13-11-26-48(53)60/h3-35H,1-2H3. The molecule has 1 aliphatic heterocycles. The molecule has 2 heterocycles. The molecule has 0 N–H and O–H groups in total. The monoisotopic (exact) mass is 817 g/mol. The van der Waals surface area contributed by atoms with Crippen LogP contribution in [0.3, 0.4) is 0 Å². The molecule has 4 nitrogen and oxygen atoms in total. The Morgan fingerprint density at radius 3 is 1.84 bits per heavy atom. The number of aryl methyl sites for hydroxylation is 2. The second-order valence-electron chi connectivity index (χ2n) is 17.2. The van der Waals surface area contributed by atoms with Crippen LogP contribution in [0.5, 0.6) is 0 Å². The van der Waals surface area contributed by atoms with E-state index < -0.39 is 5.41 Å². The third-order valence-corrected chi connectivity index (χ3v) is 13.8. The van der Waals surface area contributed by atoms with Crippen molar-refractivity contribution in [2.75, 3.05) is 9.80 Å². The number of para-hydroxylation sites is 5. The Bertz CT molecular complexity index is 3750. The zero-order chi connectivity index (χ0) is 42.7. The summed E-state index contributed by atoms with van der Waals surface area (Å²) in [6, 6.07) is 75.2. The van der Waals surface area contributed by atoms with Crippen LogP contribution in [0.25, 0.3) is 54.6 Å². The van der Waals surface area contributed by atoms with Gasteiger partial charge in [0, 0.05) is 27.5 Å². The van der Waals surface area contributed by atoms with Crippen LogP contribution in [0.1, 0.15) is 38.9 Å². The third kappa shape index (κ3) is 4.81. The lowest BCUT2D eigenvalue weighted by atomic mass is 9.64. The molecule has 1 spiro atoms. The van der Waals surface area contributed by atoms with Crippen LogP contribution in [0.4, 0.5) is 34.1 Å². The molecule has 0 amide bonds. The van der Waals surface area contributed by atoms with Gasteiger partial charge in [-0.15, -0.1) is 0 Å². The van der Waals surface area contributed by atoms with Crippen molar-refractivity contribution in [1.29, 1.82) is 5.26 Å². The highest BCUT2D eigenvalue weighted by Crippen LogP contribution is 2.66. The first-order valence-corrected chi connectivity index (χ1v) is 21.9. The summed E-state index contributed by atoms with van der Waals surface area (Å²) in [4.78, 5) is 4.86. The first kappa shape index (κ1) is 36.3. The summed E-state index contributed by atoms with van der Waals surface area (Å²) in [5, 5.41) is 16.9. The second kappa shape index (κ2) is 13.6. The van der Waals surface area contributed by atoms with Crippen LogP contribution in [-0.2, 0) is 5.41 Å². The maximum absolute atomic E-state index is 10.2. The minimum atomic E-state index is -0.701. The predicted octanol–water partition coefficient (Wildman–Crippen LogP) is 16.0. The van der Waals surface area contributed by atoms with Crippen molar-refractivity contribution >= 4 is 77.6 Å². The molecular formula is C60H39N3O. The fourth-order valence-corrected chi connectivity index (χ4v) is 11.3. The molecule has 0 saturated heterocycles. The number of nitrogens with zero attached hydrogens (tertiary/aromatic N) is 3. The number of hydrogen-bond acceptors (Lipinski definition) is 4. The lowest BCUT2D eigenvalue weighted by Gasteiger charge is -2.45. The van der Waals surface area contributed by atoms with Gasteiger partial charge in [-0.2, -0.15) is 5.26 Å². The van der Waals surface area contributed by atoms with E-state index in [4.69, 9.17) is 4.42 Å². The Kier molecular flexibility index (Phi) is 7.68. The smallest absolute Gasteiger partial charge is 0.159 e. The van der Waals surface area contributed by atoms with Crippen molar-refractivity contribution in [1.82, 2.24) is 0 Å². The average molecular weight is 818 g/mol. The first-order valence-electron chi connectivity index (χ1n) is 21.9. The Morgan fingerprint density at radius 1 is 0.469 bits per heavy atom. The molecule has 1 aliphatic carbocycles. The van der Waals surface area contributed by atoms with E-state index in [9.17, 15) is 5.26 Å². The summed E-state index contributed by atoms with van der Waals surface area (Å²) in [5.41, 5.74) is 17.4. The van der Waals surface area contributed by atoms with Gasteiger partial charge >= 0.3 is 0 Å². The van der Waals surface area contributed by atoms with Crippen LogP contribution in [0.15, 0.2) is 205 Å². The van der Waals surface area contributed by atoms with E-state index >= 15 is 0 Å². The number of rotatable bonds is 4. The van der Waals surface area contributed by atoms with Gasteiger partial charge in [0.05, 0.1) is 33.7 Å². The summed E-state index contributed by atoms with van der Waals surface area (Å²) in [6.45, 7) is 4.35. The fourth-order valence-electron chi connectivity index (χ4n) is 11.3. The molecule has 10 aromatic carbocycles. The average Bonchev–Trinajstić information content (AvgIpc) is 3.88. The first-order chi connectivity index (χ1) is 31.6. The SMILES string of the molecule is Cc1ccc(N(c2cc3c(c4ccccc24)-c2c(ccc4ccccc24)C32c3ccccc3N(c3ccccc3)c3ccccc32)c2cccc3c2oc2c(C#N)cccc23)c(C)c1. The van der Waals surface area contributed by atoms with Crippen LogP contribution < -0.4 is 9.80 Å². The minimum Gasteiger partial charge on any atom is -0.452 e. The molecule has 0 fully saturated rings. The molecular weight excluding hydrogens is 779 g/mol. The number of benzene rings is 10. The summed E-state index contributed by atoms with van der Waals surface area (Å²) in [5.74, 6) is 0. The molecule has 0 saturated carbocycles. The molecule has 64 heavy (non-hydrogen) atoms. The van der Waals surface area contributed by atoms with E-state index in [2.05, 4.69) is 218 Å². The molecule has 11 aromatic rings. The van der Waals surface area contributed by atoms with Crippen molar-refractivity contribution < 1.29 is 4.42 Å². The number of hydrogen-bond donors (Lipinski definition) is 0. The van der Waals surface area contributed by atoms with Crippen LogP contribution in [-0.4, -0.2) is 0 Å². The number of anilines is 6. The molecule has 2 aliphatic rings. The highest BCUT2D eigenvalue weighted by molar-refractivity contribution is 6.18. The van der Waals surface area contributed by atoms with Gasteiger partial charge in [0.15, 0.2) is 11.2 Å². The van der Waals surface area contributed by atoms with E-state index in [0.29, 0.717) is 11.1 Å². The van der Waals surface area contributed by atoms with Gasteiger partial charge in [-0.25, -0.2) is 0 Å². The summed E-state index contributed by atoms with van der Waals surface area (Å²) in [7, 11) is 0. The number of furan rings is 1. The predicted molar refractivity (Wildman–Crippen MR) is 263 cm³/mol. The lowest BCUT2D eigenvalue weighted by molar-refractivity contribution is 0.668. The third-order valence-electron chi connectivity index (χ3n) is 13.8. The maximum atomic E-state index is 10.2. The Morgan fingerprint density at radius 2 is 1.09 bits per heavy atom. The summed E-state index contributed by atoms with van der Waals surface area (Å²) in [6.07, 6.45) is 0. The highest BCUT2D eigenvalue weighted by atomic mass is 16.3. The zero-order valence-electron chi connectivity index (χ0n) is 35.3. The summed E-state index contributed by atoms with van der Waals surface area (Å²) < 4.78 is 6.88. The maximum Gasteiger partial charge on any atom is 0.159 e. The molecule has 300 valence electrons. The van der Waals surface area contributed by atoms with Crippen molar-refractivity contribution in [3.05, 3.63) is 239 Å². The van der Waals surface area contributed by atoms with Gasteiger partial charge in [-0.1, -0.05) is 157 Å². The Labute approximate surface area is 371 Å². The van der Waals surface area contributed by atoms with E-state index in [1.807, 2.05) is 12.1 Å². The molecule has 0 atom stereocenters. The molecule has 1 aromatic heterocycles. The number of nitriles is 1. The van der Waals surface area contributed by atoms with Crippen LogP contribution in [0, 0.1) is 25.2 Å². The topological polar surface area (TPSA) is 43.4 Å². The second-order valence-corrected chi connectivity index (χ2v) is 17.2. The summed E-state index contributed by atoms with van der Waals surface area (Å²) >= 11 is 0. The van der Waals surface area contributed by atoms with Gasteiger partial charge in [-0.05, 0) is 117 Å². The normalized spacial score (nSPS) is 13.2. The molecule has 0 unspecified atom stereocenters. The van der Waals surface area contributed by atoms with Crippen molar-refractivity contribution in [3.63, 3.8) is 0 Å². The van der Waals surface area contributed by atoms with Gasteiger partial charge in [0.1, 0.15) is 6.07 Å². The molecule has 0 bridgehead atoms. The van der Waals surface area contributed by atoms with Crippen molar-refractivity contribution in [2.24, 2.45) is 0 Å². The van der Waals surface area contributed by atoms with Gasteiger partial charge in [0.25, 0.3) is 0 Å². The fraction of sp³-hybridized carbons (Fsp3) is 0.0500. The highest BCUT2D eigenvalue weighted by Gasteiger charge is 2.53. The van der Waals surface area contributed by atoms with Gasteiger partial charge in [0.2, 0.25) is 0 Å². The van der Waals surface area contributed by atoms with Crippen LogP contribution >= 0.6 is 0 Å². The zero-order valence-corrected chi connectivity index (χ0v) is 35.3. The lowest BCUT2D eigenvalue weighted by Crippen LogP contribution is -2.36. The minimum absolute atomic E-state index is 0.520. The molecule has 4 heteroatoms. The van der Waals surface area contributed by atoms with Gasteiger partial charge in [-0.3, -0.25) is 0 Å². The van der Waals surface area contributed by atoms with Crippen LogP contribution in [0.2, 0.25) is 0 Å². The van der Waals surface area contributed by atoms with Gasteiger partial charge < -0.3 is 14.2 Å². The van der Waals surface area contributed by atoms with E-state index in [0.717, 1.165) is 61.4 Å². The van der Waals surface area contributed by atoms with E-state index in [1.54, 1.807) is 0 Å². The van der Waals surface area contributed by atoms with E-state index in [-0.39, 0.29) is 0 Å². The Hall–Kier alpha value is -8.39. The largest absolute Gasteiger partial charge is 0.452 e.